The van der Waals surface area contributed by atoms with Crippen molar-refractivity contribution in [3.63, 3.8) is 0 Å². The van der Waals surface area contributed by atoms with Gasteiger partial charge in [-0.15, -0.1) is 0 Å². The van der Waals surface area contributed by atoms with Gasteiger partial charge in [0.2, 0.25) is 0 Å². The number of carbonyl (C=O) groups excluding carboxylic acids is 1. The number of pyridine rings is 1. The molecule has 130 valence electrons. The molecule has 1 amide bonds. The Morgan fingerprint density at radius 1 is 1.08 bits per heavy atom. The van der Waals surface area contributed by atoms with Crippen molar-refractivity contribution in [1.29, 1.82) is 0 Å². The zero-order chi connectivity index (χ0) is 17.8. The largest absolute Gasteiger partial charge is 0.378 e. The summed E-state index contributed by atoms with van der Waals surface area (Å²) >= 11 is 0. The van der Waals surface area contributed by atoms with Crippen molar-refractivity contribution < 1.29 is 4.79 Å². The number of hydrogen-bond donors (Lipinski definition) is 2. The first-order valence-corrected chi connectivity index (χ1v) is 8.54. The van der Waals surface area contributed by atoms with Gasteiger partial charge in [0.25, 0.3) is 5.91 Å². The fourth-order valence-corrected chi connectivity index (χ4v) is 2.87. The topological polar surface area (TPSA) is 57.3 Å². The second kappa shape index (κ2) is 7.49. The average Bonchev–Trinajstić information content (AvgIpc) is 2.62. The maximum atomic E-state index is 12.5. The van der Waals surface area contributed by atoms with E-state index in [2.05, 4.69) is 27.7 Å². The summed E-state index contributed by atoms with van der Waals surface area (Å²) in [6.45, 7) is 1.53. The molecule has 0 atom stereocenters. The number of amides is 1. The molecule has 0 aliphatic carbocycles. The van der Waals surface area contributed by atoms with Crippen molar-refractivity contribution in [1.82, 2.24) is 15.6 Å². The summed E-state index contributed by atoms with van der Waals surface area (Å²) in [5.74, 6) is -0.0709. The third-order valence-corrected chi connectivity index (χ3v) is 4.27. The van der Waals surface area contributed by atoms with Crippen LogP contribution in [0.1, 0.15) is 16.8 Å². The van der Waals surface area contributed by atoms with Crippen LogP contribution in [0.3, 0.4) is 0 Å². The van der Waals surface area contributed by atoms with E-state index in [1.807, 2.05) is 51.5 Å². The van der Waals surface area contributed by atoms with Crippen LogP contribution in [-0.2, 0) is 0 Å². The minimum atomic E-state index is -0.0709. The van der Waals surface area contributed by atoms with Crippen molar-refractivity contribution in [3.05, 3.63) is 48.0 Å². The van der Waals surface area contributed by atoms with Crippen LogP contribution in [0.15, 0.2) is 42.5 Å². The number of nitrogens with one attached hydrogen (secondary N) is 2. The Labute approximate surface area is 148 Å². The number of hydrogen-bond acceptors (Lipinski definition) is 4. The van der Waals surface area contributed by atoms with E-state index in [1.54, 1.807) is 0 Å². The molecule has 3 rings (SSSR count). The first kappa shape index (κ1) is 17.2. The monoisotopic (exact) mass is 336 g/mol. The van der Waals surface area contributed by atoms with Crippen LogP contribution in [-0.4, -0.2) is 45.1 Å². The molecule has 0 saturated carbocycles. The predicted molar refractivity (Wildman–Crippen MR) is 104 cm³/mol. The van der Waals surface area contributed by atoms with Gasteiger partial charge in [0.1, 0.15) is 0 Å². The van der Waals surface area contributed by atoms with Gasteiger partial charge in [0.05, 0.1) is 16.6 Å². The van der Waals surface area contributed by atoms with Gasteiger partial charge >= 0.3 is 0 Å². The van der Waals surface area contributed by atoms with Crippen LogP contribution < -0.4 is 15.5 Å². The van der Waals surface area contributed by atoms with Gasteiger partial charge in [-0.3, -0.25) is 4.79 Å². The van der Waals surface area contributed by atoms with E-state index in [9.17, 15) is 4.79 Å². The van der Waals surface area contributed by atoms with Crippen molar-refractivity contribution in [3.8, 4) is 0 Å². The lowest BCUT2D eigenvalue weighted by atomic mass is 10.1. The number of para-hydroxylation sites is 1. The van der Waals surface area contributed by atoms with Crippen molar-refractivity contribution >= 4 is 33.4 Å². The molecule has 1 heterocycles. The third-order valence-electron chi connectivity index (χ3n) is 4.27. The van der Waals surface area contributed by atoms with Crippen LogP contribution in [0, 0.1) is 0 Å². The van der Waals surface area contributed by atoms with E-state index in [1.165, 1.54) is 0 Å². The van der Waals surface area contributed by atoms with Crippen molar-refractivity contribution in [2.24, 2.45) is 0 Å². The van der Waals surface area contributed by atoms with Gasteiger partial charge in [0, 0.05) is 37.1 Å². The minimum absolute atomic E-state index is 0.0709. The van der Waals surface area contributed by atoms with E-state index in [-0.39, 0.29) is 5.91 Å². The lowest BCUT2D eigenvalue weighted by Crippen LogP contribution is -2.26. The first-order chi connectivity index (χ1) is 12.1. The summed E-state index contributed by atoms with van der Waals surface area (Å²) in [5.41, 5.74) is 3.40. The molecule has 5 heteroatoms. The molecule has 0 aliphatic heterocycles. The van der Waals surface area contributed by atoms with Crippen LogP contribution in [0.2, 0.25) is 0 Å². The highest BCUT2D eigenvalue weighted by Gasteiger charge is 2.12. The highest BCUT2D eigenvalue weighted by atomic mass is 16.1. The SMILES string of the molecule is CNCCCNC(=O)c1cccc2cc3cc(N(C)C)ccc3nc12. The Balaban J connectivity index is 1.97. The zero-order valence-electron chi connectivity index (χ0n) is 15.0. The summed E-state index contributed by atoms with van der Waals surface area (Å²) in [5, 5.41) is 8.10. The molecule has 0 fully saturated rings. The molecule has 0 spiro atoms. The maximum Gasteiger partial charge on any atom is 0.253 e. The molecule has 5 nitrogen and oxygen atoms in total. The lowest BCUT2D eigenvalue weighted by Gasteiger charge is -2.13. The highest BCUT2D eigenvalue weighted by Crippen LogP contribution is 2.25. The molecular formula is C20H24N4O. The van der Waals surface area contributed by atoms with E-state index in [0.29, 0.717) is 12.1 Å². The summed E-state index contributed by atoms with van der Waals surface area (Å²) in [7, 11) is 5.95. The second-order valence-corrected chi connectivity index (χ2v) is 6.35. The zero-order valence-corrected chi connectivity index (χ0v) is 15.0. The minimum Gasteiger partial charge on any atom is -0.378 e. The fourth-order valence-electron chi connectivity index (χ4n) is 2.87. The normalized spacial score (nSPS) is 11.0. The number of benzene rings is 2. The number of carbonyl (C=O) groups is 1. The third kappa shape index (κ3) is 3.72. The molecule has 2 aromatic carbocycles. The maximum absolute atomic E-state index is 12.5. The molecular weight excluding hydrogens is 312 g/mol. The Morgan fingerprint density at radius 2 is 1.92 bits per heavy atom. The second-order valence-electron chi connectivity index (χ2n) is 6.35. The number of fused-ring (bicyclic) bond motifs is 2. The summed E-state index contributed by atoms with van der Waals surface area (Å²) in [6, 6.07) is 14.0. The fraction of sp³-hybridized carbons (Fsp3) is 0.300. The van der Waals surface area contributed by atoms with E-state index < -0.39 is 0 Å². The van der Waals surface area contributed by atoms with Crippen LogP contribution in [0.5, 0.6) is 0 Å². The smallest absolute Gasteiger partial charge is 0.253 e. The average molecular weight is 336 g/mol. The molecule has 0 radical (unpaired) electrons. The van der Waals surface area contributed by atoms with Crippen LogP contribution in [0.4, 0.5) is 5.69 Å². The standard InChI is InChI=1S/C20H24N4O/c1-21-10-5-11-22-20(25)17-7-4-6-14-12-15-13-16(24(2)3)8-9-18(15)23-19(14)17/h4,6-9,12-13,21H,5,10-11H2,1-3H3,(H,22,25). The first-order valence-electron chi connectivity index (χ1n) is 8.54. The van der Waals surface area contributed by atoms with Crippen LogP contribution >= 0.6 is 0 Å². The molecule has 25 heavy (non-hydrogen) atoms. The number of aromatic nitrogens is 1. The Morgan fingerprint density at radius 3 is 2.68 bits per heavy atom. The van der Waals surface area contributed by atoms with Crippen molar-refractivity contribution in [2.75, 3.05) is 39.1 Å². The molecule has 0 saturated heterocycles. The van der Waals surface area contributed by atoms with Gasteiger partial charge in [-0.05, 0) is 50.3 Å². The molecule has 2 N–H and O–H groups in total. The highest BCUT2D eigenvalue weighted by molar-refractivity contribution is 6.07. The Bertz CT molecular complexity index is 905. The van der Waals surface area contributed by atoms with E-state index >= 15 is 0 Å². The Hall–Kier alpha value is -2.66. The molecule has 0 bridgehead atoms. The summed E-state index contributed by atoms with van der Waals surface area (Å²) < 4.78 is 0. The van der Waals surface area contributed by atoms with E-state index in [0.717, 1.165) is 40.5 Å². The number of nitrogens with zero attached hydrogens (tertiary/aromatic N) is 2. The summed E-state index contributed by atoms with van der Waals surface area (Å²) in [4.78, 5) is 19.3. The van der Waals surface area contributed by atoms with Crippen molar-refractivity contribution in [2.45, 2.75) is 6.42 Å². The van der Waals surface area contributed by atoms with Gasteiger partial charge in [-0.25, -0.2) is 4.98 Å². The molecule has 0 aliphatic rings. The number of rotatable bonds is 6. The predicted octanol–water partition coefficient (Wildman–Crippen LogP) is 2.79. The molecule has 1 aromatic heterocycles. The van der Waals surface area contributed by atoms with Crippen LogP contribution in [0.25, 0.3) is 21.8 Å². The Kier molecular flexibility index (Phi) is 5.14. The molecule has 0 unspecified atom stereocenters. The lowest BCUT2D eigenvalue weighted by molar-refractivity contribution is 0.0955. The number of anilines is 1. The summed E-state index contributed by atoms with van der Waals surface area (Å²) in [6.07, 6.45) is 0.899. The van der Waals surface area contributed by atoms with Gasteiger partial charge in [0.15, 0.2) is 0 Å². The molecule has 3 aromatic rings. The quantitative estimate of drug-likeness (QED) is 0.537. The van der Waals surface area contributed by atoms with Gasteiger partial charge in [-0.1, -0.05) is 12.1 Å². The van der Waals surface area contributed by atoms with E-state index in [4.69, 9.17) is 4.98 Å². The van der Waals surface area contributed by atoms with Gasteiger partial charge < -0.3 is 15.5 Å². The van der Waals surface area contributed by atoms with Gasteiger partial charge in [-0.2, -0.15) is 0 Å².